The van der Waals surface area contributed by atoms with Crippen molar-refractivity contribution < 1.29 is 8.42 Å². The highest BCUT2D eigenvalue weighted by atomic mass is 32.2. The van der Waals surface area contributed by atoms with Crippen molar-refractivity contribution in [2.24, 2.45) is 0 Å². The second-order valence-electron chi connectivity index (χ2n) is 8.75. The molecule has 1 aliphatic heterocycles. The zero-order chi connectivity index (χ0) is 22.8. The molecule has 5 rings (SSSR count). The van der Waals surface area contributed by atoms with Crippen molar-refractivity contribution >= 4 is 27.6 Å². The number of likely N-dealkylation sites (N-methyl/N-ethyl adjacent to an activating group) is 1. The summed E-state index contributed by atoms with van der Waals surface area (Å²) in [6, 6.07) is 12.3. The lowest BCUT2D eigenvalue weighted by Crippen LogP contribution is -2.57. The number of aromatic nitrogens is 4. The summed E-state index contributed by atoms with van der Waals surface area (Å²) in [6.07, 6.45) is 4.01. The number of rotatable bonds is 9. The molecule has 11 heteroatoms. The van der Waals surface area contributed by atoms with E-state index in [-0.39, 0.29) is 18.3 Å². The fourth-order valence-corrected chi connectivity index (χ4v) is 5.59. The van der Waals surface area contributed by atoms with E-state index in [0.717, 1.165) is 50.0 Å². The molecule has 2 aliphatic rings. The fraction of sp³-hybridized carbons (Fsp3) is 0.500. The first-order valence-electron chi connectivity index (χ1n) is 11.5. The minimum atomic E-state index is -3.36. The molecule has 1 aromatic carbocycles. The summed E-state index contributed by atoms with van der Waals surface area (Å²) in [4.78, 5) is 11.5. The van der Waals surface area contributed by atoms with E-state index in [4.69, 9.17) is 4.98 Å². The van der Waals surface area contributed by atoms with E-state index in [1.165, 1.54) is 0 Å². The van der Waals surface area contributed by atoms with Crippen LogP contribution in [0.1, 0.15) is 25.7 Å². The van der Waals surface area contributed by atoms with Gasteiger partial charge in [-0.15, -0.1) is 0 Å². The molecule has 3 heterocycles. The minimum Gasteiger partial charge on any atom is -0.353 e. The molecular formula is C22H30N8O2S. The Bertz CT molecular complexity index is 1200. The first-order chi connectivity index (χ1) is 16.0. The Morgan fingerprint density at radius 2 is 1.82 bits per heavy atom. The Hall–Kier alpha value is -2.76. The average molecular weight is 471 g/mol. The van der Waals surface area contributed by atoms with Crippen LogP contribution in [0.15, 0.2) is 36.4 Å². The number of benzene rings is 1. The molecule has 176 valence electrons. The van der Waals surface area contributed by atoms with Crippen LogP contribution < -0.4 is 20.3 Å². The van der Waals surface area contributed by atoms with E-state index in [1.807, 2.05) is 43.4 Å². The maximum absolute atomic E-state index is 12.5. The van der Waals surface area contributed by atoms with Crippen LogP contribution in [0.4, 0.5) is 11.9 Å². The summed E-state index contributed by atoms with van der Waals surface area (Å²) in [5.74, 6) is 1.08. The zero-order valence-corrected chi connectivity index (χ0v) is 19.6. The fourth-order valence-electron chi connectivity index (χ4n) is 4.36. The third-order valence-corrected chi connectivity index (χ3v) is 7.74. The van der Waals surface area contributed by atoms with Gasteiger partial charge in [-0.3, -0.25) is 0 Å². The number of anilines is 2. The molecule has 0 radical (unpaired) electrons. The molecule has 3 aromatic rings. The van der Waals surface area contributed by atoms with Crippen LogP contribution in [-0.2, 0) is 10.0 Å². The van der Waals surface area contributed by atoms with Crippen molar-refractivity contribution in [3.05, 3.63) is 36.4 Å². The summed E-state index contributed by atoms with van der Waals surface area (Å²) in [6.45, 7) is 1.88. The Morgan fingerprint density at radius 1 is 1.06 bits per heavy atom. The van der Waals surface area contributed by atoms with Gasteiger partial charge in [-0.05, 0) is 19.9 Å². The Morgan fingerprint density at radius 3 is 2.55 bits per heavy atom. The van der Waals surface area contributed by atoms with Crippen LogP contribution in [-0.4, -0.2) is 72.5 Å². The van der Waals surface area contributed by atoms with Crippen LogP contribution in [0, 0.1) is 0 Å². The Balaban J connectivity index is 1.37. The minimum absolute atomic E-state index is 0.0251. The molecule has 10 nitrogen and oxygen atoms in total. The van der Waals surface area contributed by atoms with Gasteiger partial charge in [-0.2, -0.15) is 19.6 Å². The maximum Gasteiger partial charge on any atom is 0.230 e. The predicted octanol–water partition coefficient (Wildman–Crippen LogP) is 1.47. The number of nitrogens with one attached hydrogen (secondary N) is 3. The van der Waals surface area contributed by atoms with Crippen molar-refractivity contribution in [1.82, 2.24) is 29.6 Å². The highest BCUT2D eigenvalue weighted by molar-refractivity contribution is 7.89. The predicted molar refractivity (Wildman–Crippen MR) is 129 cm³/mol. The number of nitrogens with zero attached hydrogens (tertiary/aromatic N) is 5. The zero-order valence-electron chi connectivity index (χ0n) is 18.7. The molecular weight excluding hydrogens is 440 g/mol. The summed E-state index contributed by atoms with van der Waals surface area (Å²) >= 11 is 0. The van der Waals surface area contributed by atoms with E-state index in [0.29, 0.717) is 23.6 Å². The molecule has 0 unspecified atom stereocenters. The first-order valence-corrected chi connectivity index (χ1v) is 13.2. The lowest BCUT2D eigenvalue weighted by atomic mass is 10.1. The van der Waals surface area contributed by atoms with Gasteiger partial charge in [0.15, 0.2) is 5.65 Å². The van der Waals surface area contributed by atoms with Gasteiger partial charge in [0.25, 0.3) is 0 Å². The summed E-state index contributed by atoms with van der Waals surface area (Å²) in [5.41, 5.74) is 2.44. The third kappa shape index (κ3) is 4.94. The van der Waals surface area contributed by atoms with E-state index in [1.54, 1.807) is 4.52 Å². The second-order valence-corrected chi connectivity index (χ2v) is 10.6. The van der Waals surface area contributed by atoms with E-state index < -0.39 is 10.0 Å². The molecule has 2 fully saturated rings. The molecule has 33 heavy (non-hydrogen) atoms. The summed E-state index contributed by atoms with van der Waals surface area (Å²) in [5, 5.41) is 11.1. The van der Waals surface area contributed by atoms with Gasteiger partial charge in [0.1, 0.15) is 0 Å². The van der Waals surface area contributed by atoms with Gasteiger partial charge >= 0.3 is 0 Å². The standard InChI is InChI=1S/C22H30N8O2S/c1-23-18-14-29(15-18)22-25-20-13-19(16-7-3-2-4-8-16)27-30(20)21(26-22)24-11-12-33(31,32)28-17-9-5-6-10-17/h2-4,7-8,13,17-18,23,28H,5-6,9-12,14-15H2,1H3,(H,24,25,26). The summed E-state index contributed by atoms with van der Waals surface area (Å²) in [7, 11) is -1.41. The molecule has 3 N–H and O–H groups in total. The van der Waals surface area contributed by atoms with Gasteiger partial charge in [-0.25, -0.2) is 13.1 Å². The normalized spacial score (nSPS) is 17.5. The quantitative estimate of drug-likeness (QED) is 0.431. The van der Waals surface area contributed by atoms with Crippen molar-refractivity contribution in [2.45, 2.75) is 37.8 Å². The average Bonchev–Trinajstić information content (AvgIpc) is 3.43. The topological polar surface area (TPSA) is 117 Å². The maximum atomic E-state index is 12.5. The van der Waals surface area contributed by atoms with Crippen LogP contribution in [0.2, 0.25) is 0 Å². The molecule has 1 aliphatic carbocycles. The highest BCUT2D eigenvalue weighted by Gasteiger charge is 2.28. The summed E-state index contributed by atoms with van der Waals surface area (Å²) < 4.78 is 29.5. The highest BCUT2D eigenvalue weighted by Crippen LogP contribution is 2.24. The number of sulfonamides is 1. The number of fused-ring (bicyclic) bond motifs is 1. The van der Waals surface area contributed by atoms with Crippen LogP contribution in [0.5, 0.6) is 0 Å². The smallest absolute Gasteiger partial charge is 0.230 e. The van der Waals surface area contributed by atoms with Crippen molar-refractivity contribution in [2.75, 3.05) is 42.7 Å². The molecule has 0 bridgehead atoms. The second kappa shape index (κ2) is 9.24. The molecule has 1 saturated heterocycles. The Kier molecular flexibility index (Phi) is 6.17. The number of hydrogen-bond donors (Lipinski definition) is 3. The van der Waals surface area contributed by atoms with E-state index in [2.05, 4.69) is 30.3 Å². The van der Waals surface area contributed by atoms with Gasteiger partial charge in [0, 0.05) is 43.3 Å². The van der Waals surface area contributed by atoms with Crippen LogP contribution in [0.25, 0.3) is 16.9 Å². The molecule has 0 atom stereocenters. The van der Waals surface area contributed by atoms with Crippen LogP contribution >= 0.6 is 0 Å². The van der Waals surface area contributed by atoms with E-state index >= 15 is 0 Å². The van der Waals surface area contributed by atoms with Gasteiger partial charge in [0.2, 0.25) is 21.9 Å². The van der Waals surface area contributed by atoms with Crippen LogP contribution in [0.3, 0.4) is 0 Å². The first kappa shape index (κ1) is 22.1. The van der Waals surface area contributed by atoms with Gasteiger partial charge in [-0.1, -0.05) is 43.2 Å². The van der Waals surface area contributed by atoms with Crippen molar-refractivity contribution in [1.29, 1.82) is 0 Å². The van der Waals surface area contributed by atoms with Crippen molar-refractivity contribution in [3.63, 3.8) is 0 Å². The van der Waals surface area contributed by atoms with Gasteiger partial charge < -0.3 is 15.5 Å². The van der Waals surface area contributed by atoms with Crippen molar-refractivity contribution in [3.8, 4) is 11.3 Å². The lowest BCUT2D eigenvalue weighted by molar-refractivity contribution is 0.443. The number of hydrogen-bond acceptors (Lipinski definition) is 8. The monoisotopic (exact) mass is 470 g/mol. The lowest BCUT2D eigenvalue weighted by Gasteiger charge is -2.39. The third-order valence-electron chi connectivity index (χ3n) is 6.31. The SMILES string of the molecule is CNC1CN(c2nc(NCCS(=O)(=O)NC3CCCC3)n3nc(-c4ccccc4)cc3n2)C1. The molecule has 0 amide bonds. The molecule has 0 spiro atoms. The molecule has 2 aromatic heterocycles. The van der Waals surface area contributed by atoms with Gasteiger partial charge in [0.05, 0.1) is 11.4 Å². The Labute approximate surface area is 193 Å². The largest absolute Gasteiger partial charge is 0.353 e. The van der Waals surface area contributed by atoms with E-state index in [9.17, 15) is 8.42 Å². The molecule has 1 saturated carbocycles.